The Balaban J connectivity index is 2.22. The Morgan fingerprint density at radius 3 is 2.94 bits per heavy atom. The highest BCUT2D eigenvalue weighted by atomic mass is 19.1. The van der Waals surface area contributed by atoms with Crippen LogP contribution in [0.5, 0.6) is 0 Å². The molecule has 1 aromatic rings. The molecule has 4 heteroatoms. The average molecular weight is 251 g/mol. The molecule has 2 heterocycles. The van der Waals surface area contributed by atoms with Crippen LogP contribution >= 0.6 is 0 Å². The molecule has 3 nitrogen and oxygen atoms in total. The second-order valence-electron chi connectivity index (χ2n) is 5.23. The van der Waals surface area contributed by atoms with Crippen LogP contribution in [0.3, 0.4) is 0 Å². The van der Waals surface area contributed by atoms with E-state index in [0.29, 0.717) is 18.6 Å². The summed E-state index contributed by atoms with van der Waals surface area (Å²) in [5.41, 5.74) is 6.80. The fourth-order valence-corrected chi connectivity index (χ4v) is 3.07. The fraction of sp³-hybridized carbons (Fsp3) is 0.643. The number of likely N-dealkylation sites (tertiary alicyclic amines) is 1. The molecule has 2 rings (SSSR count). The van der Waals surface area contributed by atoms with Gasteiger partial charge in [-0.15, -0.1) is 0 Å². The quantitative estimate of drug-likeness (QED) is 0.897. The molecule has 1 aliphatic rings. The first-order valence-electron chi connectivity index (χ1n) is 6.71. The third-order valence-corrected chi connectivity index (χ3v) is 4.02. The fourth-order valence-electron chi connectivity index (χ4n) is 3.07. The van der Waals surface area contributed by atoms with Gasteiger partial charge in [-0.05, 0) is 38.3 Å². The Hall–Kier alpha value is -1.00. The highest BCUT2D eigenvalue weighted by Gasteiger charge is 2.31. The van der Waals surface area contributed by atoms with Crippen LogP contribution < -0.4 is 5.73 Å². The van der Waals surface area contributed by atoms with Crippen molar-refractivity contribution in [3.05, 3.63) is 29.8 Å². The van der Waals surface area contributed by atoms with Gasteiger partial charge in [0.15, 0.2) is 0 Å². The van der Waals surface area contributed by atoms with Crippen LogP contribution in [0.15, 0.2) is 18.5 Å². The Morgan fingerprint density at radius 2 is 2.28 bits per heavy atom. The number of aromatic nitrogens is 1. The number of nitrogens with two attached hydrogens (primary N) is 1. The Bertz CT molecular complexity index is 396. The summed E-state index contributed by atoms with van der Waals surface area (Å²) in [7, 11) is 0. The lowest BCUT2D eigenvalue weighted by Crippen LogP contribution is -2.49. The maximum atomic E-state index is 13.3. The molecule has 3 unspecified atom stereocenters. The molecule has 3 atom stereocenters. The number of pyridine rings is 1. The van der Waals surface area contributed by atoms with Crippen LogP contribution in [0.25, 0.3) is 0 Å². The zero-order chi connectivity index (χ0) is 13.1. The third-order valence-electron chi connectivity index (χ3n) is 4.02. The van der Waals surface area contributed by atoms with Gasteiger partial charge in [-0.1, -0.05) is 6.42 Å². The molecule has 18 heavy (non-hydrogen) atoms. The third kappa shape index (κ3) is 2.70. The van der Waals surface area contributed by atoms with Crippen molar-refractivity contribution in [2.45, 2.75) is 51.2 Å². The second kappa shape index (κ2) is 5.76. The summed E-state index contributed by atoms with van der Waals surface area (Å²) in [6.45, 7) is 5.00. The molecule has 0 bridgehead atoms. The number of nitrogens with zero attached hydrogens (tertiary/aromatic N) is 2. The van der Waals surface area contributed by atoms with Crippen molar-refractivity contribution in [2.24, 2.45) is 5.73 Å². The van der Waals surface area contributed by atoms with E-state index in [4.69, 9.17) is 5.73 Å². The molecular formula is C14H22FN3. The molecule has 0 spiro atoms. The average Bonchev–Trinajstić information content (AvgIpc) is 2.37. The Morgan fingerprint density at radius 1 is 1.50 bits per heavy atom. The van der Waals surface area contributed by atoms with Crippen LogP contribution in [-0.4, -0.2) is 28.5 Å². The van der Waals surface area contributed by atoms with Crippen molar-refractivity contribution in [3.63, 3.8) is 0 Å². The van der Waals surface area contributed by atoms with E-state index >= 15 is 0 Å². The first kappa shape index (κ1) is 13.4. The van der Waals surface area contributed by atoms with E-state index in [1.54, 1.807) is 12.3 Å². The lowest BCUT2D eigenvalue weighted by Gasteiger charge is -2.44. The van der Waals surface area contributed by atoms with Gasteiger partial charge in [0.05, 0.1) is 6.20 Å². The predicted molar refractivity (Wildman–Crippen MR) is 70.6 cm³/mol. The van der Waals surface area contributed by atoms with E-state index in [1.165, 1.54) is 19.0 Å². The summed E-state index contributed by atoms with van der Waals surface area (Å²) < 4.78 is 13.3. The van der Waals surface area contributed by atoms with Crippen molar-refractivity contribution < 1.29 is 4.39 Å². The highest BCUT2D eigenvalue weighted by molar-refractivity contribution is 5.15. The van der Waals surface area contributed by atoms with Crippen molar-refractivity contribution in [1.82, 2.24) is 9.88 Å². The summed E-state index contributed by atoms with van der Waals surface area (Å²) in [6.07, 6.45) is 6.55. The van der Waals surface area contributed by atoms with Crippen LogP contribution in [0.4, 0.5) is 4.39 Å². The zero-order valence-corrected chi connectivity index (χ0v) is 11.1. The van der Waals surface area contributed by atoms with Gasteiger partial charge in [-0.3, -0.25) is 9.88 Å². The topological polar surface area (TPSA) is 42.1 Å². The van der Waals surface area contributed by atoms with Crippen molar-refractivity contribution in [2.75, 3.05) is 6.54 Å². The minimum atomic E-state index is -0.270. The SMILES string of the molecule is CC1CCCC(CN)N1C(C)c1cncc(F)c1. The number of halogens is 1. The van der Waals surface area contributed by atoms with Gasteiger partial charge in [0.25, 0.3) is 0 Å². The maximum Gasteiger partial charge on any atom is 0.141 e. The number of hydrogen-bond acceptors (Lipinski definition) is 3. The number of rotatable bonds is 3. The molecule has 1 aliphatic heterocycles. The van der Waals surface area contributed by atoms with Gasteiger partial charge in [0, 0.05) is 30.9 Å². The van der Waals surface area contributed by atoms with Crippen LogP contribution in [0, 0.1) is 5.82 Å². The minimum Gasteiger partial charge on any atom is -0.329 e. The van der Waals surface area contributed by atoms with Gasteiger partial charge < -0.3 is 5.73 Å². The molecule has 1 aromatic heterocycles. The van der Waals surface area contributed by atoms with Gasteiger partial charge in [0.2, 0.25) is 0 Å². The van der Waals surface area contributed by atoms with Gasteiger partial charge in [0.1, 0.15) is 5.82 Å². The van der Waals surface area contributed by atoms with E-state index in [9.17, 15) is 4.39 Å². The molecule has 2 N–H and O–H groups in total. The summed E-state index contributed by atoms with van der Waals surface area (Å²) in [6, 6.07) is 2.63. The normalized spacial score (nSPS) is 27.1. The lowest BCUT2D eigenvalue weighted by atomic mass is 9.93. The first-order chi connectivity index (χ1) is 8.63. The molecule has 0 radical (unpaired) electrons. The Labute approximate surface area is 108 Å². The van der Waals surface area contributed by atoms with Gasteiger partial charge >= 0.3 is 0 Å². The highest BCUT2D eigenvalue weighted by Crippen LogP contribution is 2.31. The molecule has 0 aliphatic carbocycles. The van der Waals surface area contributed by atoms with E-state index in [1.807, 2.05) is 0 Å². The Kier molecular flexibility index (Phi) is 4.30. The second-order valence-corrected chi connectivity index (χ2v) is 5.23. The molecule has 0 saturated carbocycles. The molecule has 100 valence electrons. The minimum absolute atomic E-state index is 0.164. The lowest BCUT2D eigenvalue weighted by molar-refractivity contribution is 0.0567. The monoisotopic (exact) mass is 251 g/mol. The molecule has 1 saturated heterocycles. The van der Waals surface area contributed by atoms with E-state index < -0.39 is 0 Å². The first-order valence-corrected chi connectivity index (χ1v) is 6.71. The molecule has 0 amide bonds. The molecular weight excluding hydrogens is 229 g/mol. The molecule has 1 fully saturated rings. The summed E-state index contributed by atoms with van der Waals surface area (Å²) in [5, 5.41) is 0. The van der Waals surface area contributed by atoms with E-state index in [0.717, 1.165) is 12.0 Å². The van der Waals surface area contributed by atoms with Crippen molar-refractivity contribution >= 4 is 0 Å². The van der Waals surface area contributed by atoms with Crippen molar-refractivity contribution in [3.8, 4) is 0 Å². The largest absolute Gasteiger partial charge is 0.329 e. The zero-order valence-electron chi connectivity index (χ0n) is 11.1. The van der Waals surface area contributed by atoms with Crippen LogP contribution in [0.2, 0.25) is 0 Å². The maximum absolute atomic E-state index is 13.3. The van der Waals surface area contributed by atoms with Gasteiger partial charge in [-0.2, -0.15) is 0 Å². The van der Waals surface area contributed by atoms with Crippen LogP contribution in [-0.2, 0) is 0 Å². The van der Waals surface area contributed by atoms with E-state index in [-0.39, 0.29) is 11.9 Å². The standard InChI is InChI=1S/C14H22FN3/c1-10-4-3-5-14(7-16)18(10)11(2)12-6-13(15)9-17-8-12/h6,8-11,14H,3-5,7,16H2,1-2H3. The number of piperidine rings is 1. The smallest absolute Gasteiger partial charge is 0.141 e. The van der Waals surface area contributed by atoms with Crippen LogP contribution in [0.1, 0.15) is 44.7 Å². The summed E-state index contributed by atoms with van der Waals surface area (Å²) >= 11 is 0. The summed E-state index contributed by atoms with van der Waals surface area (Å²) in [4.78, 5) is 6.36. The molecule has 0 aromatic carbocycles. The summed E-state index contributed by atoms with van der Waals surface area (Å²) in [5.74, 6) is -0.270. The van der Waals surface area contributed by atoms with Crippen molar-refractivity contribution in [1.29, 1.82) is 0 Å². The number of hydrogen-bond donors (Lipinski definition) is 1. The predicted octanol–water partition coefficient (Wildman–Crippen LogP) is 2.48. The van der Waals surface area contributed by atoms with Gasteiger partial charge in [-0.25, -0.2) is 4.39 Å². The van der Waals surface area contributed by atoms with E-state index in [2.05, 4.69) is 23.7 Å².